The van der Waals surface area contributed by atoms with E-state index in [1.807, 2.05) is 0 Å². The Bertz CT molecular complexity index is 1300. The summed E-state index contributed by atoms with van der Waals surface area (Å²) in [7, 11) is 1.24. The molecule has 1 N–H and O–H groups in total. The highest BCUT2D eigenvalue weighted by molar-refractivity contribution is 7.98. The van der Waals surface area contributed by atoms with Crippen LogP contribution in [-0.2, 0) is 10.5 Å². The summed E-state index contributed by atoms with van der Waals surface area (Å²) in [5.41, 5.74) is 0.858. The van der Waals surface area contributed by atoms with Gasteiger partial charge in [-0.25, -0.2) is 19.2 Å². The van der Waals surface area contributed by atoms with Gasteiger partial charge in [0.2, 0.25) is 0 Å². The van der Waals surface area contributed by atoms with Crippen LogP contribution in [0.1, 0.15) is 21.9 Å². The average Bonchev–Trinajstić information content (AvgIpc) is 3.20. The lowest BCUT2D eigenvalue weighted by Gasteiger charge is -2.06. The SMILES string of the molecule is COC(=O)c1cc(C)nc2nc(SCc3noc(-c4ccc(F)cc4)n3)[nH]c(=O)c12. The van der Waals surface area contributed by atoms with Crippen LogP contribution in [0.25, 0.3) is 22.5 Å². The standard InChI is InChI=1S/C19H14FN5O4S/c1-9-7-12(18(27)28-2)14-15(21-9)23-19(24-16(14)26)30-8-13-22-17(29-25-13)10-3-5-11(20)6-4-10/h3-7H,8H2,1-2H3,(H,21,23,24,26). The Hall–Kier alpha value is -3.60. The van der Waals surface area contributed by atoms with Crippen molar-refractivity contribution >= 4 is 28.8 Å². The molecule has 9 nitrogen and oxygen atoms in total. The lowest BCUT2D eigenvalue weighted by atomic mass is 10.1. The van der Waals surface area contributed by atoms with Crippen LogP contribution in [-0.4, -0.2) is 38.2 Å². The van der Waals surface area contributed by atoms with E-state index >= 15 is 0 Å². The number of hydrogen-bond acceptors (Lipinski definition) is 9. The number of thioether (sulfide) groups is 1. The zero-order valence-corrected chi connectivity index (χ0v) is 16.6. The Morgan fingerprint density at radius 2 is 2.00 bits per heavy atom. The van der Waals surface area contributed by atoms with Gasteiger partial charge in [-0.05, 0) is 37.3 Å². The van der Waals surface area contributed by atoms with E-state index in [4.69, 9.17) is 9.26 Å². The maximum atomic E-state index is 13.0. The minimum atomic E-state index is -0.640. The first kappa shape index (κ1) is 19.7. The number of hydrogen-bond donors (Lipinski definition) is 1. The number of H-pyrrole nitrogens is 1. The molecule has 3 heterocycles. The zero-order chi connectivity index (χ0) is 21.3. The van der Waals surface area contributed by atoms with Crippen molar-refractivity contribution in [3.05, 3.63) is 63.6 Å². The van der Waals surface area contributed by atoms with E-state index < -0.39 is 11.5 Å². The van der Waals surface area contributed by atoms with Gasteiger partial charge < -0.3 is 14.2 Å². The monoisotopic (exact) mass is 427 g/mol. The highest BCUT2D eigenvalue weighted by Crippen LogP contribution is 2.22. The molecule has 0 amide bonds. The molecule has 0 bridgehead atoms. The van der Waals surface area contributed by atoms with Crippen molar-refractivity contribution in [2.75, 3.05) is 7.11 Å². The molecule has 30 heavy (non-hydrogen) atoms. The first-order chi connectivity index (χ1) is 14.4. The molecule has 0 radical (unpaired) electrons. The summed E-state index contributed by atoms with van der Waals surface area (Å²) in [6.45, 7) is 1.69. The van der Waals surface area contributed by atoms with Crippen molar-refractivity contribution in [3.63, 3.8) is 0 Å². The van der Waals surface area contributed by atoms with Crippen molar-refractivity contribution in [3.8, 4) is 11.5 Å². The summed E-state index contributed by atoms with van der Waals surface area (Å²) in [5, 5.41) is 4.23. The van der Waals surface area contributed by atoms with Crippen LogP contribution in [0.3, 0.4) is 0 Å². The van der Waals surface area contributed by atoms with Gasteiger partial charge >= 0.3 is 5.97 Å². The van der Waals surface area contributed by atoms with Crippen LogP contribution in [0.5, 0.6) is 0 Å². The van der Waals surface area contributed by atoms with Gasteiger partial charge in [0.25, 0.3) is 11.4 Å². The van der Waals surface area contributed by atoms with Gasteiger partial charge in [-0.1, -0.05) is 16.9 Å². The highest BCUT2D eigenvalue weighted by Gasteiger charge is 2.18. The molecule has 4 rings (SSSR count). The van der Waals surface area contributed by atoms with Crippen LogP contribution < -0.4 is 5.56 Å². The Kier molecular flexibility index (Phi) is 5.27. The number of nitrogens with one attached hydrogen (secondary N) is 1. The summed E-state index contributed by atoms with van der Waals surface area (Å²) in [6.07, 6.45) is 0. The van der Waals surface area contributed by atoms with Crippen LogP contribution in [0, 0.1) is 12.7 Å². The molecule has 4 aromatic rings. The predicted octanol–water partition coefficient (Wildman–Crippen LogP) is 2.89. The largest absolute Gasteiger partial charge is 0.465 e. The molecule has 0 saturated carbocycles. The summed E-state index contributed by atoms with van der Waals surface area (Å²) < 4.78 is 23.0. The third-order valence-electron chi connectivity index (χ3n) is 4.09. The van der Waals surface area contributed by atoms with Gasteiger partial charge in [-0.3, -0.25) is 4.79 Å². The second-order valence-corrected chi connectivity index (χ2v) is 7.15. The van der Waals surface area contributed by atoms with Gasteiger partial charge in [-0.2, -0.15) is 4.98 Å². The molecule has 0 aliphatic rings. The number of nitrogens with zero attached hydrogens (tertiary/aromatic N) is 4. The molecule has 152 valence electrons. The number of aromatic nitrogens is 5. The molecule has 11 heteroatoms. The third-order valence-corrected chi connectivity index (χ3v) is 4.96. The van der Waals surface area contributed by atoms with Crippen LogP contribution >= 0.6 is 11.8 Å². The second kappa shape index (κ2) is 8.03. The molecular formula is C19H14FN5O4S. The Morgan fingerprint density at radius 1 is 1.23 bits per heavy atom. The number of benzene rings is 1. The van der Waals surface area contributed by atoms with Gasteiger partial charge in [0.1, 0.15) is 5.82 Å². The lowest BCUT2D eigenvalue weighted by Crippen LogP contribution is -2.16. The Balaban J connectivity index is 1.58. The van der Waals surface area contributed by atoms with E-state index in [1.54, 1.807) is 6.92 Å². The number of fused-ring (bicyclic) bond motifs is 1. The van der Waals surface area contributed by atoms with Crippen LogP contribution in [0.15, 0.2) is 44.8 Å². The summed E-state index contributed by atoms with van der Waals surface area (Å²) >= 11 is 1.17. The van der Waals surface area contributed by atoms with Crippen molar-refractivity contribution < 1.29 is 18.4 Å². The minimum absolute atomic E-state index is 0.0648. The minimum Gasteiger partial charge on any atom is -0.465 e. The van der Waals surface area contributed by atoms with Gasteiger partial charge in [0.15, 0.2) is 16.6 Å². The molecular weight excluding hydrogens is 413 g/mol. The molecule has 3 aromatic heterocycles. The molecule has 1 aromatic carbocycles. The quantitative estimate of drug-likeness (QED) is 0.291. The number of rotatable bonds is 5. The number of pyridine rings is 1. The first-order valence-corrected chi connectivity index (χ1v) is 9.64. The van der Waals surface area contributed by atoms with Crippen LogP contribution in [0.4, 0.5) is 4.39 Å². The van der Waals surface area contributed by atoms with Gasteiger partial charge in [0, 0.05) is 11.3 Å². The van der Waals surface area contributed by atoms with Crippen LogP contribution in [0.2, 0.25) is 0 Å². The highest BCUT2D eigenvalue weighted by atomic mass is 32.2. The fourth-order valence-electron chi connectivity index (χ4n) is 2.74. The van der Waals surface area contributed by atoms with E-state index in [2.05, 4.69) is 25.1 Å². The summed E-state index contributed by atoms with van der Waals surface area (Å²) in [4.78, 5) is 40.0. The first-order valence-electron chi connectivity index (χ1n) is 8.66. The number of methoxy groups -OCH3 is 1. The Labute approximate surface area is 172 Å². The van der Waals surface area contributed by atoms with Crippen molar-refractivity contribution in [1.82, 2.24) is 25.1 Å². The van der Waals surface area contributed by atoms with Crippen molar-refractivity contribution in [1.29, 1.82) is 0 Å². The van der Waals surface area contributed by atoms with E-state index in [0.717, 1.165) is 0 Å². The number of carbonyl (C=O) groups is 1. The fourth-order valence-corrected chi connectivity index (χ4v) is 3.44. The molecule has 0 aliphatic heterocycles. The van der Waals surface area contributed by atoms with Gasteiger partial charge in [-0.15, -0.1) is 0 Å². The number of aromatic amines is 1. The zero-order valence-electron chi connectivity index (χ0n) is 15.8. The van der Waals surface area contributed by atoms with Gasteiger partial charge in [0.05, 0.1) is 23.8 Å². The maximum Gasteiger partial charge on any atom is 0.338 e. The van der Waals surface area contributed by atoms with E-state index in [1.165, 1.54) is 49.2 Å². The number of carbonyl (C=O) groups excluding carboxylic acids is 1. The Morgan fingerprint density at radius 3 is 2.73 bits per heavy atom. The number of aryl methyl sites for hydroxylation is 1. The molecule has 0 unspecified atom stereocenters. The topological polar surface area (TPSA) is 124 Å². The second-order valence-electron chi connectivity index (χ2n) is 6.18. The predicted molar refractivity (Wildman–Crippen MR) is 105 cm³/mol. The van der Waals surface area contributed by atoms with Crippen molar-refractivity contribution in [2.24, 2.45) is 0 Å². The van der Waals surface area contributed by atoms with Crippen molar-refractivity contribution in [2.45, 2.75) is 17.8 Å². The maximum absolute atomic E-state index is 13.0. The summed E-state index contributed by atoms with van der Waals surface area (Å²) in [5.74, 6) is -0.118. The fraction of sp³-hybridized carbons (Fsp3) is 0.158. The molecule has 0 spiro atoms. The number of ether oxygens (including phenoxy) is 1. The number of halogens is 1. The molecule has 0 saturated heterocycles. The third kappa shape index (κ3) is 3.92. The molecule has 0 fully saturated rings. The number of esters is 1. The summed E-state index contributed by atoms with van der Waals surface area (Å²) in [6, 6.07) is 7.16. The average molecular weight is 427 g/mol. The van der Waals surface area contributed by atoms with E-state index in [-0.39, 0.29) is 39.2 Å². The molecule has 0 aliphatic carbocycles. The van der Waals surface area contributed by atoms with E-state index in [0.29, 0.717) is 17.1 Å². The lowest BCUT2D eigenvalue weighted by molar-refractivity contribution is 0.0602. The van der Waals surface area contributed by atoms with E-state index in [9.17, 15) is 14.0 Å². The smallest absolute Gasteiger partial charge is 0.338 e. The normalized spacial score (nSPS) is 11.0. The molecule has 0 atom stereocenters.